The van der Waals surface area contributed by atoms with Crippen molar-refractivity contribution in [2.24, 2.45) is 17.2 Å². The van der Waals surface area contributed by atoms with Crippen LogP contribution in [0.15, 0.2) is 0 Å². The molecule has 0 rings (SSSR count). The molecule has 6 N–H and O–H groups in total. The second kappa shape index (κ2) is 2.52. The quantitative estimate of drug-likeness (QED) is 0.275. The first-order valence-corrected chi connectivity index (χ1v) is 2.67. The molecule has 0 aromatic heterocycles. The molecule has 0 aliphatic heterocycles. The molecule has 0 amide bonds. The SMILES string of the molecule is NC(N)(N)CCS. The Hall–Kier alpha value is 0.230. The van der Waals surface area contributed by atoms with Crippen molar-refractivity contribution < 1.29 is 0 Å². The number of nitrogens with two attached hydrogens (primary N) is 3. The van der Waals surface area contributed by atoms with Crippen LogP contribution in [0.25, 0.3) is 0 Å². The topological polar surface area (TPSA) is 78.1 Å². The minimum Gasteiger partial charge on any atom is -0.301 e. The summed E-state index contributed by atoms with van der Waals surface area (Å²) < 4.78 is 0. The third-order valence-corrected chi connectivity index (χ3v) is 0.768. The summed E-state index contributed by atoms with van der Waals surface area (Å²) in [6, 6.07) is 0. The predicted molar refractivity (Wildman–Crippen MR) is 33.8 cm³/mol. The molecule has 0 atom stereocenters. The van der Waals surface area contributed by atoms with Gasteiger partial charge in [0.25, 0.3) is 0 Å². The Kier molecular flexibility index (Phi) is 2.60. The zero-order valence-electron chi connectivity index (χ0n) is 4.09. The molecular weight excluding hydrogens is 110 g/mol. The lowest BCUT2D eigenvalue weighted by molar-refractivity contribution is 0.450. The van der Waals surface area contributed by atoms with Gasteiger partial charge in [-0.3, -0.25) is 0 Å². The lowest BCUT2D eigenvalue weighted by atomic mass is 10.3. The molecule has 4 heteroatoms. The number of hydrogen-bond donors (Lipinski definition) is 4. The van der Waals surface area contributed by atoms with Gasteiger partial charge in [-0.1, -0.05) is 0 Å². The molecule has 7 heavy (non-hydrogen) atoms. The molecule has 0 aromatic rings. The van der Waals surface area contributed by atoms with E-state index in [0.717, 1.165) is 0 Å². The van der Waals surface area contributed by atoms with E-state index in [9.17, 15) is 0 Å². The normalized spacial score (nSPS) is 12.0. The highest BCUT2D eigenvalue weighted by Gasteiger charge is 2.07. The minimum atomic E-state index is -1.03. The number of rotatable bonds is 2. The first-order chi connectivity index (χ1) is 3.06. The Morgan fingerprint density at radius 3 is 1.71 bits per heavy atom. The first kappa shape index (κ1) is 7.23. The van der Waals surface area contributed by atoms with Crippen LogP contribution in [0.4, 0.5) is 0 Å². The van der Waals surface area contributed by atoms with Crippen LogP contribution in [0, 0.1) is 0 Å². The van der Waals surface area contributed by atoms with Crippen LogP contribution in [-0.4, -0.2) is 11.5 Å². The fraction of sp³-hybridized carbons (Fsp3) is 1.00. The highest BCUT2D eigenvalue weighted by Crippen LogP contribution is 1.88. The van der Waals surface area contributed by atoms with Gasteiger partial charge in [-0.25, -0.2) is 0 Å². The van der Waals surface area contributed by atoms with Crippen LogP contribution < -0.4 is 17.2 Å². The maximum absolute atomic E-state index is 5.15. The Morgan fingerprint density at radius 2 is 1.71 bits per heavy atom. The van der Waals surface area contributed by atoms with E-state index in [1.54, 1.807) is 0 Å². The molecule has 0 unspecified atom stereocenters. The van der Waals surface area contributed by atoms with Crippen molar-refractivity contribution in [1.82, 2.24) is 0 Å². The van der Waals surface area contributed by atoms with Crippen molar-refractivity contribution in [1.29, 1.82) is 0 Å². The summed E-state index contributed by atoms with van der Waals surface area (Å²) >= 11 is 3.87. The van der Waals surface area contributed by atoms with Crippen molar-refractivity contribution in [3.63, 3.8) is 0 Å². The molecular formula is C3H11N3S. The zero-order valence-corrected chi connectivity index (χ0v) is 4.99. The standard InChI is InChI=1S/C3H11N3S/c4-3(5,6)1-2-7/h7H,1-2,4-6H2. The Bertz CT molecular complexity index is 48.6. The molecule has 0 spiro atoms. The maximum Gasteiger partial charge on any atom is 0.116 e. The van der Waals surface area contributed by atoms with Gasteiger partial charge in [0, 0.05) is 6.42 Å². The zero-order chi connectivity index (χ0) is 5.91. The van der Waals surface area contributed by atoms with E-state index < -0.39 is 5.79 Å². The second-order valence-corrected chi connectivity index (χ2v) is 2.03. The van der Waals surface area contributed by atoms with E-state index in [-0.39, 0.29) is 0 Å². The van der Waals surface area contributed by atoms with Crippen molar-refractivity contribution in [3.8, 4) is 0 Å². The molecule has 3 nitrogen and oxygen atoms in total. The van der Waals surface area contributed by atoms with Gasteiger partial charge in [0.05, 0.1) is 0 Å². The summed E-state index contributed by atoms with van der Waals surface area (Å²) in [5.41, 5.74) is 15.5. The maximum atomic E-state index is 5.15. The summed E-state index contributed by atoms with van der Waals surface area (Å²) in [7, 11) is 0. The van der Waals surface area contributed by atoms with Gasteiger partial charge in [-0.2, -0.15) is 12.6 Å². The largest absolute Gasteiger partial charge is 0.301 e. The summed E-state index contributed by atoms with van der Waals surface area (Å²) in [5.74, 6) is -0.398. The van der Waals surface area contributed by atoms with Crippen molar-refractivity contribution in [3.05, 3.63) is 0 Å². The lowest BCUT2D eigenvalue weighted by Gasteiger charge is -2.15. The third kappa shape index (κ3) is 6.23. The number of hydrogen-bond acceptors (Lipinski definition) is 4. The molecule has 0 fully saturated rings. The third-order valence-electron chi connectivity index (χ3n) is 0.545. The molecule has 0 saturated heterocycles. The predicted octanol–water partition coefficient (Wildman–Crippen LogP) is -1.16. The van der Waals surface area contributed by atoms with Gasteiger partial charge >= 0.3 is 0 Å². The van der Waals surface area contributed by atoms with Crippen LogP contribution >= 0.6 is 12.6 Å². The Morgan fingerprint density at radius 1 is 1.29 bits per heavy atom. The van der Waals surface area contributed by atoms with Crippen LogP contribution in [0.3, 0.4) is 0 Å². The second-order valence-electron chi connectivity index (χ2n) is 1.59. The van der Waals surface area contributed by atoms with Crippen LogP contribution in [0.2, 0.25) is 0 Å². The van der Waals surface area contributed by atoms with E-state index >= 15 is 0 Å². The highest BCUT2D eigenvalue weighted by molar-refractivity contribution is 7.80. The Balaban J connectivity index is 3.15. The molecule has 0 aliphatic carbocycles. The molecule has 0 radical (unpaired) electrons. The fourth-order valence-corrected chi connectivity index (χ4v) is 0.581. The van der Waals surface area contributed by atoms with Crippen LogP contribution in [-0.2, 0) is 0 Å². The van der Waals surface area contributed by atoms with Gasteiger partial charge in [0.15, 0.2) is 0 Å². The van der Waals surface area contributed by atoms with Gasteiger partial charge in [0.2, 0.25) is 0 Å². The van der Waals surface area contributed by atoms with Crippen LogP contribution in [0.1, 0.15) is 6.42 Å². The van der Waals surface area contributed by atoms with Gasteiger partial charge in [-0.05, 0) is 5.75 Å². The van der Waals surface area contributed by atoms with Crippen molar-refractivity contribution in [2.75, 3.05) is 5.75 Å². The average Bonchev–Trinajstić information content (AvgIpc) is 1.30. The van der Waals surface area contributed by atoms with E-state index in [2.05, 4.69) is 12.6 Å². The summed E-state index contributed by atoms with van der Waals surface area (Å²) in [5, 5.41) is 0. The molecule has 0 aliphatic rings. The minimum absolute atomic E-state index is 0.538. The van der Waals surface area contributed by atoms with Gasteiger partial charge < -0.3 is 17.2 Å². The summed E-state index contributed by atoms with van der Waals surface area (Å²) in [6.45, 7) is 0. The highest BCUT2D eigenvalue weighted by atomic mass is 32.1. The molecule has 0 bridgehead atoms. The molecule has 44 valence electrons. The van der Waals surface area contributed by atoms with Crippen molar-refractivity contribution >= 4 is 12.6 Å². The Labute approximate surface area is 48.6 Å². The molecule has 0 heterocycles. The van der Waals surface area contributed by atoms with Gasteiger partial charge in [-0.15, -0.1) is 0 Å². The smallest absolute Gasteiger partial charge is 0.116 e. The average molecular weight is 121 g/mol. The summed E-state index contributed by atoms with van der Waals surface area (Å²) in [4.78, 5) is 0. The monoisotopic (exact) mass is 121 g/mol. The van der Waals surface area contributed by atoms with Crippen LogP contribution in [0.5, 0.6) is 0 Å². The summed E-state index contributed by atoms with van der Waals surface area (Å²) in [6.07, 6.45) is 0.538. The van der Waals surface area contributed by atoms with Crippen molar-refractivity contribution in [2.45, 2.75) is 12.2 Å². The van der Waals surface area contributed by atoms with E-state index in [0.29, 0.717) is 12.2 Å². The van der Waals surface area contributed by atoms with E-state index in [1.165, 1.54) is 0 Å². The van der Waals surface area contributed by atoms with Gasteiger partial charge in [0.1, 0.15) is 5.79 Å². The van der Waals surface area contributed by atoms with E-state index in [1.807, 2.05) is 0 Å². The first-order valence-electron chi connectivity index (χ1n) is 2.04. The molecule has 0 saturated carbocycles. The van der Waals surface area contributed by atoms with E-state index in [4.69, 9.17) is 17.2 Å². The fourth-order valence-electron chi connectivity index (χ4n) is 0.194. The lowest BCUT2D eigenvalue weighted by Crippen LogP contribution is -2.58. The number of thiol groups is 1. The molecule has 0 aromatic carbocycles.